The van der Waals surface area contributed by atoms with Gasteiger partial charge in [0.25, 0.3) is 0 Å². The number of pyridine rings is 1. The van der Waals surface area contributed by atoms with Crippen molar-refractivity contribution < 1.29 is 4.84 Å². The van der Waals surface area contributed by atoms with Crippen molar-refractivity contribution in [2.75, 3.05) is 6.61 Å². The lowest BCUT2D eigenvalue weighted by molar-refractivity contribution is 0.0463. The summed E-state index contributed by atoms with van der Waals surface area (Å²) in [6, 6.07) is 10.4. The number of fused-ring (bicyclic) bond motifs is 1. The maximum atomic E-state index is 5.10. The molecule has 2 rings (SSSR count). The highest BCUT2D eigenvalue weighted by molar-refractivity contribution is 5.79. The zero-order chi connectivity index (χ0) is 11.4. The van der Waals surface area contributed by atoms with Crippen LogP contribution in [0.2, 0.25) is 0 Å². The van der Waals surface area contributed by atoms with Crippen LogP contribution in [-0.4, -0.2) is 11.6 Å². The van der Waals surface area contributed by atoms with Crippen molar-refractivity contribution in [2.24, 2.45) is 0 Å². The van der Waals surface area contributed by atoms with Gasteiger partial charge in [0.2, 0.25) is 0 Å². The smallest absolute Gasteiger partial charge is 0.0705 e. The summed E-state index contributed by atoms with van der Waals surface area (Å²) in [6.45, 7) is 5.36. The Morgan fingerprint density at radius 3 is 2.94 bits per heavy atom. The first-order chi connectivity index (χ1) is 7.79. The highest BCUT2D eigenvalue weighted by Gasteiger charge is 1.98. The van der Waals surface area contributed by atoms with Crippen LogP contribution in [0.3, 0.4) is 0 Å². The summed E-state index contributed by atoms with van der Waals surface area (Å²) in [6.07, 6.45) is 0. The minimum atomic E-state index is 0.675. The lowest BCUT2D eigenvalue weighted by atomic mass is 10.1. The van der Waals surface area contributed by atoms with Gasteiger partial charge in [-0.25, -0.2) is 0 Å². The Hall–Kier alpha value is -1.45. The number of benzene rings is 1. The Kier molecular flexibility index (Phi) is 3.49. The molecule has 0 radical (unpaired) electrons. The summed E-state index contributed by atoms with van der Waals surface area (Å²) < 4.78 is 0. The maximum absolute atomic E-state index is 5.10. The van der Waals surface area contributed by atoms with E-state index < -0.39 is 0 Å². The lowest BCUT2D eigenvalue weighted by Crippen LogP contribution is -2.13. The highest BCUT2D eigenvalue weighted by Crippen LogP contribution is 2.14. The van der Waals surface area contributed by atoms with Gasteiger partial charge in [-0.2, -0.15) is 5.48 Å². The molecule has 0 aliphatic rings. The van der Waals surface area contributed by atoms with E-state index in [0.717, 1.165) is 17.8 Å². The first-order valence-electron chi connectivity index (χ1n) is 5.50. The molecule has 1 heterocycles. The standard InChI is InChI=1S/C13H16N2O/c1-3-16-14-9-11-5-7-13-12(8-11)6-4-10(2)15-13/h4-8,14H,3,9H2,1-2H3. The summed E-state index contributed by atoms with van der Waals surface area (Å²) in [4.78, 5) is 9.56. The zero-order valence-corrected chi connectivity index (χ0v) is 9.66. The fourth-order valence-electron chi connectivity index (χ4n) is 1.62. The molecule has 3 heteroatoms. The van der Waals surface area contributed by atoms with Gasteiger partial charge >= 0.3 is 0 Å². The third kappa shape index (κ3) is 2.56. The minimum absolute atomic E-state index is 0.675. The van der Waals surface area contributed by atoms with Crippen LogP contribution in [0.25, 0.3) is 10.9 Å². The van der Waals surface area contributed by atoms with E-state index in [1.54, 1.807) is 0 Å². The Labute approximate surface area is 95.4 Å². The van der Waals surface area contributed by atoms with Gasteiger partial charge in [-0.1, -0.05) is 12.1 Å². The third-order valence-corrected chi connectivity index (χ3v) is 2.42. The van der Waals surface area contributed by atoms with Crippen molar-refractivity contribution in [1.82, 2.24) is 10.5 Å². The second-order valence-corrected chi connectivity index (χ2v) is 3.73. The molecule has 0 amide bonds. The summed E-state index contributed by atoms with van der Waals surface area (Å²) in [7, 11) is 0. The molecule has 0 unspecified atom stereocenters. The highest BCUT2D eigenvalue weighted by atomic mass is 16.6. The molecule has 0 aliphatic heterocycles. The summed E-state index contributed by atoms with van der Waals surface area (Å²) >= 11 is 0. The van der Waals surface area contributed by atoms with E-state index in [9.17, 15) is 0 Å². The second kappa shape index (κ2) is 5.05. The lowest BCUT2D eigenvalue weighted by Gasteiger charge is -2.05. The molecule has 1 aromatic heterocycles. The van der Waals surface area contributed by atoms with Crippen LogP contribution in [0.1, 0.15) is 18.2 Å². The molecule has 0 bridgehead atoms. The molecule has 2 aromatic rings. The fourth-order valence-corrected chi connectivity index (χ4v) is 1.62. The SMILES string of the molecule is CCONCc1ccc2nc(C)ccc2c1. The minimum Gasteiger partial charge on any atom is -0.302 e. The zero-order valence-electron chi connectivity index (χ0n) is 9.66. The van der Waals surface area contributed by atoms with Gasteiger partial charge in [-0.15, -0.1) is 0 Å². The monoisotopic (exact) mass is 216 g/mol. The predicted molar refractivity (Wildman–Crippen MR) is 64.9 cm³/mol. The molecule has 84 valence electrons. The Morgan fingerprint density at radius 2 is 2.12 bits per heavy atom. The Morgan fingerprint density at radius 1 is 1.25 bits per heavy atom. The Balaban J connectivity index is 2.20. The number of aryl methyl sites for hydroxylation is 1. The van der Waals surface area contributed by atoms with Crippen LogP contribution < -0.4 is 5.48 Å². The fraction of sp³-hybridized carbons (Fsp3) is 0.308. The van der Waals surface area contributed by atoms with Crippen molar-refractivity contribution in [3.05, 3.63) is 41.6 Å². The molecular formula is C13H16N2O. The molecular weight excluding hydrogens is 200 g/mol. The second-order valence-electron chi connectivity index (χ2n) is 3.73. The molecule has 0 fully saturated rings. The largest absolute Gasteiger partial charge is 0.302 e. The first kappa shape index (κ1) is 11.0. The Bertz CT molecular complexity index is 482. The molecule has 0 spiro atoms. The van der Waals surface area contributed by atoms with Crippen LogP contribution in [0.15, 0.2) is 30.3 Å². The predicted octanol–water partition coefficient (Wildman–Crippen LogP) is 2.58. The van der Waals surface area contributed by atoms with E-state index in [0.29, 0.717) is 6.61 Å². The van der Waals surface area contributed by atoms with Crippen LogP contribution in [0, 0.1) is 6.92 Å². The molecule has 3 nitrogen and oxygen atoms in total. The van der Waals surface area contributed by atoms with Gasteiger partial charge in [0, 0.05) is 17.6 Å². The van der Waals surface area contributed by atoms with Gasteiger partial charge in [-0.05, 0) is 37.6 Å². The van der Waals surface area contributed by atoms with Crippen LogP contribution >= 0.6 is 0 Å². The van der Waals surface area contributed by atoms with E-state index >= 15 is 0 Å². The number of hydroxylamine groups is 1. The molecule has 0 saturated heterocycles. The average molecular weight is 216 g/mol. The van der Waals surface area contributed by atoms with Gasteiger partial charge < -0.3 is 4.84 Å². The third-order valence-electron chi connectivity index (χ3n) is 2.42. The summed E-state index contributed by atoms with van der Waals surface area (Å²) in [5.74, 6) is 0. The van der Waals surface area contributed by atoms with Gasteiger partial charge in [0.15, 0.2) is 0 Å². The van der Waals surface area contributed by atoms with Crippen LogP contribution in [0.4, 0.5) is 0 Å². The number of hydrogen-bond donors (Lipinski definition) is 1. The molecule has 0 atom stereocenters. The van der Waals surface area contributed by atoms with Crippen molar-refractivity contribution in [3.63, 3.8) is 0 Å². The van der Waals surface area contributed by atoms with E-state index in [2.05, 4.69) is 28.7 Å². The van der Waals surface area contributed by atoms with Crippen molar-refractivity contribution >= 4 is 10.9 Å². The van der Waals surface area contributed by atoms with Gasteiger partial charge in [0.05, 0.1) is 12.1 Å². The molecule has 1 N–H and O–H groups in total. The van der Waals surface area contributed by atoms with Gasteiger partial charge in [-0.3, -0.25) is 4.98 Å². The van der Waals surface area contributed by atoms with Crippen LogP contribution in [0.5, 0.6) is 0 Å². The van der Waals surface area contributed by atoms with Crippen molar-refractivity contribution in [1.29, 1.82) is 0 Å². The van der Waals surface area contributed by atoms with Crippen LogP contribution in [-0.2, 0) is 11.4 Å². The molecule has 16 heavy (non-hydrogen) atoms. The van der Waals surface area contributed by atoms with Crippen molar-refractivity contribution in [3.8, 4) is 0 Å². The normalized spacial score (nSPS) is 10.9. The summed E-state index contributed by atoms with van der Waals surface area (Å²) in [5.41, 5.74) is 6.20. The van der Waals surface area contributed by atoms with E-state index in [1.165, 1.54) is 10.9 Å². The first-order valence-corrected chi connectivity index (χ1v) is 5.50. The molecule has 0 saturated carbocycles. The number of nitrogens with zero attached hydrogens (tertiary/aromatic N) is 1. The average Bonchev–Trinajstić information content (AvgIpc) is 2.29. The topological polar surface area (TPSA) is 34.1 Å². The van der Waals surface area contributed by atoms with E-state index in [-0.39, 0.29) is 0 Å². The molecule has 0 aliphatic carbocycles. The maximum Gasteiger partial charge on any atom is 0.0705 e. The summed E-state index contributed by atoms with van der Waals surface area (Å²) in [5, 5.41) is 1.17. The number of hydrogen-bond acceptors (Lipinski definition) is 3. The van der Waals surface area contributed by atoms with E-state index in [4.69, 9.17) is 4.84 Å². The van der Waals surface area contributed by atoms with E-state index in [1.807, 2.05) is 26.0 Å². The molecule has 1 aromatic carbocycles. The quantitative estimate of drug-likeness (QED) is 0.630. The van der Waals surface area contributed by atoms with Gasteiger partial charge in [0.1, 0.15) is 0 Å². The number of aromatic nitrogens is 1. The van der Waals surface area contributed by atoms with Crippen molar-refractivity contribution in [2.45, 2.75) is 20.4 Å². The number of rotatable bonds is 4. The number of nitrogens with one attached hydrogen (secondary N) is 1.